The molecule has 1 aromatic carbocycles. The van der Waals surface area contributed by atoms with Crippen LogP contribution in [0.25, 0.3) is 11.3 Å². The van der Waals surface area contributed by atoms with E-state index in [1.54, 1.807) is 0 Å². The van der Waals surface area contributed by atoms with E-state index in [2.05, 4.69) is 44.1 Å². The monoisotopic (exact) mass is 337 g/mol. The molecule has 1 saturated heterocycles. The number of nitrogens with zero attached hydrogens (tertiary/aromatic N) is 4. The molecule has 2 atom stereocenters. The maximum Gasteiger partial charge on any atom is 0.243 e. The zero-order valence-electron chi connectivity index (χ0n) is 14.6. The van der Waals surface area contributed by atoms with Crippen molar-refractivity contribution < 1.29 is 4.52 Å². The quantitative estimate of drug-likeness (QED) is 0.786. The Hall–Kier alpha value is -2.47. The average Bonchev–Trinajstić information content (AvgIpc) is 3.31. The van der Waals surface area contributed by atoms with Crippen molar-refractivity contribution in [2.45, 2.75) is 38.6 Å². The van der Waals surface area contributed by atoms with Crippen LogP contribution in [0.3, 0.4) is 0 Å². The Morgan fingerprint density at radius 1 is 1.28 bits per heavy atom. The van der Waals surface area contributed by atoms with Crippen LogP contribution in [0.5, 0.6) is 0 Å². The number of aromatic amines is 1. The number of rotatable bonds is 4. The van der Waals surface area contributed by atoms with Gasteiger partial charge in [0.15, 0.2) is 5.82 Å². The maximum absolute atomic E-state index is 5.36. The first-order chi connectivity index (χ1) is 12.2. The summed E-state index contributed by atoms with van der Waals surface area (Å²) in [5.41, 5.74) is 2.25. The number of H-pyrrole nitrogens is 1. The minimum atomic E-state index is 0.132. The van der Waals surface area contributed by atoms with Crippen LogP contribution < -0.4 is 0 Å². The Morgan fingerprint density at radius 3 is 2.88 bits per heavy atom. The number of likely N-dealkylation sites (tertiary alicyclic amines) is 1. The van der Waals surface area contributed by atoms with Gasteiger partial charge in [0.2, 0.25) is 5.89 Å². The molecule has 0 unspecified atom stereocenters. The number of hydrogen-bond acceptors (Lipinski definition) is 5. The van der Waals surface area contributed by atoms with Crippen LogP contribution in [-0.4, -0.2) is 38.1 Å². The van der Waals surface area contributed by atoms with Crippen LogP contribution in [0, 0.1) is 6.92 Å². The lowest BCUT2D eigenvalue weighted by Gasteiger charge is -2.34. The third kappa shape index (κ3) is 3.35. The highest BCUT2D eigenvalue weighted by Gasteiger charge is 2.29. The van der Waals surface area contributed by atoms with Crippen molar-refractivity contribution in [2.75, 3.05) is 13.1 Å². The van der Waals surface area contributed by atoms with Crippen LogP contribution in [0.1, 0.15) is 49.3 Å². The fourth-order valence-electron chi connectivity index (χ4n) is 3.53. The lowest BCUT2D eigenvalue weighted by atomic mass is 9.96. The Balaban J connectivity index is 1.49. The van der Waals surface area contributed by atoms with Gasteiger partial charge in [-0.2, -0.15) is 4.98 Å². The Bertz CT molecular complexity index is 825. The molecule has 0 radical (unpaired) electrons. The van der Waals surface area contributed by atoms with Crippen molar-refractivity contribution in [3.63, 3.8) is 0 Å². The molecule has 0 spiro atoms. The van der Waals surface area contributed by atoms with Gasteiger partial charge in [0.25, 0.3) is 0 Å². The van der Waals surface area contributed by atoms with E-state index in [4.69, 9.17) is 4.52 Å². The minimum absolute atomic E-state index is 0.132. The van der Waals surface area contributed by atoms with Gasteiger partial charge in [0.1, 0.15) is 5.82 Å². The zero-order valence-corrected chi connectivity index (χ0v) is 14.6. The second-order valence-electron chi connectivity index (χ2n) is 6.74. The second-order valence-corrected chi connectivity index (χ2v) is 6.74. The fourth-order valence-corrected chi connectivity index (χ4v) is 3.53. The molecule has 0 aliphatic carbocycles. The van der Waals surface area contributed by atoms with E-state index in [1.807, 2.05) is 31.3 Å². The zero-order chi connectivity index (χ0) is 17.2. The Kier molecular flexibility index (Phi) is 4.36. The van der Waals surface area contributed by atoms with Crippen molar-refractivity contribution in [3.05, 3.63) is 54.1 Å². The molecule has 1 N–H and O–H groups in total. The number of benzene rings is 1. The van der Waals surface area contributed by atoms with Gasteiger partial charge < -0.3 is 9.51 Å². The maximum atomic E-state index is 5.36. The van der Waals surface area contributed by atoms with E-state index < -0.39 is 0 Å². The molecule has 25 heavy (non-hydrogen) atoms. The highest BCUT2D eigenvalue weighted by atomic mass is 16.5. The van der Waals surface area contributed by atoms with Crippen molar-refractivity contribution in [3.8, 4) is 11.3 Å². The van der Waals surface area contributed by atoms with Crippen molar-refractivity contribution in [1.29, 1.82) is 0 Å². The molecule has 1 aliphatic heterocycles. The smallest absolute Gasteiger partial charge is 0.243 e. The van der Waals surface area contributed by atoms with E-state index in [0.29, 0.717) is 17.6 Å². The van der Waals surface area contributed by atoms with Crippen LogP contribution in [0.2, 0.25) is 0 Å². The summed E-state index contributed by atoms with van der Waals surface area (Å²) in [5.74, 6) is 2.85. The van der Waals surface area contributed by atoms with Crippen LogP contribution in [0.4, 0.5) is 0 Å². The lowest BCUT2D eigenvalue weighted by molar-refractivity contribution is 0.131. The van der Waals surface area contributed by atoms with Gasteiger partial charge in [0.05, 0.1) is 17.9 Å². The number of piperidine rings is 1. The predicted molar refractivity (Wildman–Crippen MR) is 95.0 cm³/mol. The number of aryl methyl sites for hydroxylation is 1. The SMILES string of the molecule is Cc1noc([C@@H](C)N2CCC[C@@H](c3ncc(-c4ccccc4)[nH]3)C2)n1. The van der Waals surface area contributed by atoms with E-state index in [-0.39, 0.29) is 6.04 Å². The molecule has 0 bridgehead atoms. The first-order valence-corrected chi connectivity index (χ1v) is 8.85. The number of aromatic nitrogens is 4. The summed E-state index contributed by atoms with van der Waals surface area (Å²) in [6.45, 7) is 5.98. The van der Waals surface area contributed by atoms with Gasteiger partial charge in [0, 0.05) is 12.5 Å². The molecule has 3 heterocycles. The molecule has 2 aromatic heterocycles. The molecular formula is C19H23N5O. The number of nitrogens with one attached hydrogen (secondary N) is 1. The highest BCUT2D eigenvalue weighted by molar-refractivity contribution is 5.58. The van der Waals surface area contributed by atoms with E-state index in [0.717, 1.165) is 37.4 Å². The number of hydrogen-bond donors (Lipinski definition) is 1. The third-order valence-corrected chi connectivity index (χ3v) is 4.97. The second kappa shape index (κ2) is 6.80. The average molecular weight is 337 g/mol. The third-order valence-electron chi connectivity index (χ3n) is 4.97. The van der Waals surface area contributed by atoms with Gasteiger partial charge in [-0.3, -0.25) is 4.90 Å². The molecule has 0 amide bonds. The van der Waals surface area contributed by atoms with E-state index in [1.165, 1.54) is 5.56 Å². The summed E-state index contributed by atoms with van der Waals surface area (Å²) in [5, 5.41) is 3.92. The summed E-state index contributed by atoms with van der Waals surface area (Å²) >= 11 is 0. The lowest BCUT2D eigenvalue weighted by Crippen LogP contribution is -2.36. The molecular weight excluding hydrogens is 314 g/mol. The first kappa shape index (κ1) is 16.0. The van der Waals surface area contributed by atoms with Crippen LogP contribution in [0.15, 0.2) is 41.1 Å². The highest BCUT2D eigenvalue weighted by Crippen LogP contribution is 2.31. The van der Waals surface area contributed by atoms with E-state index in [9.17, 15) is 0 Å². The topological polar surface area (TPSA) is 70.8 Å². The van der Waals surface area contributed by atoms with Crippen molar-refractivity contribution in [2.24, 2.45) is 0 Å². The predicted octanol–water partition coefficient (Wildman–Crippen LogP) is 3.71. The summed E-state index contributed by atoms with van der Waals surface area (Å²) in [6.07, 6.45) is 4.23. The molecule has 4 rings (SSSR count). The molecule has 6 nitrogen and oxygen atoms in total. The molecule has 3 aromatic rings. The Morgan fingerprint density at radius 2 is 2.12 bits per heavy atom. The van der Waals surface area contributed by atoms with Crippen LogP contribution >= 0.6 is 0 Å². The van der Waals surface area contributed by atoms with Gasteiger partial charge in [-0.15, -0.1) is 0 Å². The summed E-state index contributed by atoms with van der Waals surface area (Å²) in [6, 6.07) is 10.5. The van der Waals surface area contributed by atoms with Gasteiger partial charge >= 0.3 is 0 Å². The number of imidazole rings is 1. The van der Waals surface area contributed by atoms with Gasteiger partial charge in [-0.1, -0.05) is 35.5 Å². The molecule has 6 heteroatoms. The Labute approximate surface area is 147 Å². The fraction of sp³-hybridized carbons (Fsp3) is 0.421. The molecule has 1 fully saturated rings. The molecule has 0 saturated carbocycles. The largest absolute Gasteiger partial charge is 0.342 e. The summed E-state index contributed by atoms with van der Waals surface area (Å²) in [4.78, 5) is 15.0. The van der Waals surface area contributed by atoms with Gasteiger partial charge in [-0.25, -0.2) is 4.98 Å². The van der Waals surface area contributed by atoms with Crippen molar-refractivity contribution in [1.82, 2.24) is 25.0 Å². The molecule has 1 aliphatic rings. The van der Waals surface area contributed by atoms with Gasteiger partial charge in [-0.05, 0) is 38.8 Å². The van der Waals surface area contributed by atoms with Crippen molar-refractivity contribution >= 4 is 0 Å². The summed E-state index contributed by atoms with van der Waals surface area (Å²) < 4.78 is 5.36. The first-order valence-electron chi connectivity index (χ1n) is 8.85. The van der Waals surface area contributed by atoms with Crippen LogP contribution in [-0.2, 0) is 0 Å². The van der Waals surface area contributed by atoms with E-state index >= 15 is 0 Å². The normalized spacial score (nSPS) is 19.8. The summed E-state index contributed by atoms with van der Waals surface area (Å²) in [7, 11) is 0. The minimum Gasteiger partial charge on any atom is -0.342 e. The molecule has 130 valence electrons. The standard InChI is InChI=1S/C19H23N5O/c1-13(19-21-14(2)23-25-19)24-10-6-9-16(12-24)18-20-11-17(22-18)15-7-4-3-5-8-15/h3-5,7-8,11,13,16H,6,9-10,12H2,1-2H3,(H,20,22)/t13-,16-/m1/s1.